The lowest BCUT2D eigenvalue weighted by molar-refractivity contribution is -0.127. The van der Waals surface area contributed by atoms with Crippen molar-refractivity contribution < 1.29 is 20.1 Å². The molecular weight excluding hydrogens is 436 g/mol. The van der Waals surface area contributed by atoms with Gasteiger partial charge < -0.3 is 15.3 Å². The molecule has 4 rings (SSSR count). The van der Waals surface area contributed by atoms with Gasteiger partial charge in [-0.15, -0.1) is 0 Å². The molecule has 0 radical (unpaired) electrons. The van der Waals surface area contributed by atoms with Crippen molar-refractivity contribution in [3.63, 3.8) is 0 Å². The molecule has 4 heteroatoms. The van der Waals surface area contributed by atoms with Crippen LogP contribution in [0.25, 0.3) is 0 Å². The summed E-state index contributed by atoms with van der Waals surface area (Å²) >= 11 is 0. The summed E-state index contributed by atoms with van der Waals surface area (Å²) in [4.78, 5) is 12.7. The van der Waals surface area contributed by atoms with Gasteiger partial charge in [-0.25, -0.2) is 0 Å². The number of hydrogen-bond donors (Lipinski definition) is 3. The van der Waals surface area contributed by atoms with Crippen molar-refractivity contribution in [3.8, 4) is 0 Å². The van der Waals surface area contributed by atoms with E-state index in [-0.39, 0.29) is 11.2 Å². The summed E-state index contributed by atoms with van der Waals surface area (Å²) in [5, 5.41) is 31.0. The van der Waals surface area contributed by atoms with Crippen molar-refractivity contribution in [2.75, 3.05) is 0 Å². The topological polar surface area (TPSA) is 77.8 Å². The van der Waals surface area contributed by atoms with Crippen molar-refractivity contribution in [2.45, 2.75) is 123 Å². The molecule has 35 heavy (non-hydrogen) atoms. The van der Waals surface area contributed by atoms with Crippen LogP contribution >= 0.6 is 0 Å². The van der Waals surface area contributed by atoms with Crippen LogP contribution in [0, 0.1) is 28.6 Å². The Morgan fingerprint density at radius 1 is 1.09 bits per heavy atom. The predicted octanol–water partition coefficient (Wildman–Crippen LogP) is 6.05. The van der Waals surface area contributed by atoms with Crippen LogP contribution in [-0.2, 0) is 4.79 Å². The van der Waals surface area contributed by atoms with E-state index in [2.05, 4.69) is 39.0 Å². The fraction of sp³-hybridized carbons (Fsp3) is 0.774. The summed E-state index contributed by atoms with van der Waals surface area (Å²) < 4.78 is 0. The third kappa shape index (κ3) is 5.70. The molecule has 0 amide bonds. The molecule has 4 nitrogen and oxygen atoms in total. The van der Waals surface area contributed by atoms with Gasteiger partial charge in [-0.1, -0.05) is 62.6 Å². The Hall–Kier alpha value is -1.23. The fourth-order valence-corrected chi connectivity index (χ4v) is 7.73. The normalized spacial score (nSPS) is 37.3. The van der Waals surface area contributed by atoms with Gasteiger partial charge in [0.15, 0.2) is 0 Å². The number of aliphatic hydroxyl groups is 3. The Kier molecular flexibility index (Phi) is 8.45. The van der Waals surface area contributed by atoms with E-state index in [1.807, 2.05) is 6.08 Å². The van der Waals surface area contributed by atoms with Gasteiger partial charge in [-0.2, -0.15) is 0 Å². The number of carbonyl (C=O) groups is 1. The van der Waals surface area contributed by atoms with Crippen molar-refractivity contribution in [1.82, 2.24) is 0 Å². The third-order valence-electron chi connectivity index (χ3n) is 10.0. The second kappa shape index (κ2) is 11.0. The van der Waals surface area contributed by atoms with Crippen LogP contribution in [-0.4, -0.2) is 39.4 Å². The number of carbonyl (C=O) groups excluding carboxylic acids is 1. The van der Waals surface area contributed by atoms with E-state index in [0.717, 1.165) is 32.1 Å². The van der Waals surface area contributed by atoms with Crippen LogP contribution in [0.1, 0.15) is 104 Å². The van der Waals surface area contributed by atoms with E-state index in [0.29, 0.717) is 43.4 Å². The van der Waals surface area contributed by atoms with Gasteiger partial charge in [0.25, 0.3) is 0 Å². The summed E-state index contributed by atoms with van der Waals surface area (Å²) in [6.07, 6.45) is 19.2. The van der Waals surface area contributed by atoms with Crippen LogP contribution in [0.2, 0.25) is 0 Å². The van der Waals surface area contributed by atoms with Crippen LogP contribution < -0.4 is 0 Å². The minimum Gasteiger partial charge on any atom is -0.393 e. The van der Waals surface area contributed by atoms with Crippen molar-refractivity contribution in [2.24, 2.45) is 28.6 Å². The monoisotopic (exact) mass is 484 g/mol. The summed E-state index contributed by atoms with van der Waals surface area (Å²) in [5.41, 5.74) is 2.47. The number of fused-ring (bicyclic) bond motifs is 1. The zero-order valence-corrected chi connectivity index (χ0v) is 22.2. The number of Topliss-reactive ketones (excluding diaryl/α,β-unsaturated/α-hetero) is 1. The predicted molar refractivity (Wildman–Crippen MR) is 141 cm³/mol. The van der Waals surface area contributed by atoms with E-state index in [1.165, 1.54) is 36.8 Å². The molecule has 196 valence electrons. The second-order valence-corrected chi connectivity index (χ2v) is 12.5. The highest BCUT2D eigenvalue weighted by Crippen LogP contribution is 2.59. The zero-order chi connectivity index (χ0) is 25.2. The second-order valence-electron chi connectivity index (χ2n) is 12.5. The molecule has 4 aliphatic carbocycles. The molecule has 4 fully saturated rings. The Morgan fingerprint density at radius 2 is 1.80 bits per heavy atom. The average Bonchev–Trinajstić information content (AvgIpc) is 3.55. The number of aliphatic hydroxyl groups excluding tert-OH is 3. The van der Waals surface area contributed by atoms with Crippen LogP contribution in [0.5, 0.6) is 0 Å². The molecule has 7 atom stereocenters. The van der Waals surface area contributed by atoms with Gasteiger partial charge in [0.2, 0.25) is 0 Å². The van der Waals surface area contributed by atoms with E-state index in [9.17, 15) is 20.1 Å². The lowest BCUT2D eigenvalue weighted by atomic mass is 9.61. The Labute approximate surface area is 212 Å². The minimum atomic E-state index is -0.644. The number of ketones is 1. The van der Waals surface area contributed by atoms with Crippen molar-refractivity contribution >= 4 is 5.78 Å². The third-order valence-corrected chi connectivity index (χ3v) is 10.0. The SMILES string of the molecule is CCCCC(=O)C1([C@@H](O)C=C[C@@H](C)[C@H]2CC[C@H]3C(=CC=C4C[C@@H](O)C[C@H](O)C4)CCC[C@]23C)CC1. The Balaban J connectivity index is 1.41. The lowest BCUT2D eigenvalue weighted by Gasteiger charge is -2.44. The van der Waals surface area contributed by atoms with Gasteiger partial charge >= 0.3 is 0 Å². The molecule has 0 spiro atoms. The molecule has 0 unspecified atom stereocenters. The highest BCUT2D eigenvalue weighted by atomic mass is 16.3. The first-order valence-corrected chi connectivity index (χ1v) is 14.3. The molecule has 0 heterocycles. The maximum Gasteiger partial charge on any atom is 0.141 e. The van der Waals surface area contributed by atoms with Gasteiger partial charge in [0.05, 0.1) is 23.7 Å². The van der Waals surface area contributed by atoms with Gasteiger partial charge in [-0.05, 0) is 93.8 Å². The first-order chi connectivity index (χ1) is 16.7. The number of allylic oxidation sites excluding steroid dienone is 4. The van der Waals surface area contributed by atoms with E-state index in [1.54, 1.807) is 0 Å². The van der Waals surface area contributed by atoms with E-state index < -0.39 is 23.7 Å². The highest BCUT2D eigenvalue weighted by molar-refractivity contribution is 5.88. The molecule has 0 aromatic carbocycles. The molecular formula is C31H48O4. The quantitative estimate of drug-likeness (QED) is 0.348. The van der Waals surface area contributed by atoms with Crippen LogP contribution in [0.3, 0.4) is 0 Å². The summed E-state index contributed by atoms with van der Waals surface area (Å²) in [6.45, 7) is 6.87. The van der Waals surface area contributed by atoms with Crippen molar-refractivity contribution in [1.29, 1.82) is 0 Å². The average molecular weight is 485 g/mol. The Bertz CT molecular complexity index is 838. The standard InChI is InChI=1S/C31H48O4/c1-4-5-8-28(34)31(16-17-31)29(35)14-9-21(2)26-12-13-27-23(7-6-15-30(26,27)3)11-10-22-18-24(32)20-25(33)19-22/h9-11,14,21,24-27,29,32-33,35H,4-8,12-13,15-20H2,1-3H3/t21-,24-,25-,26-,27+,29+,30-/m1/s1. The molecule has 0 aromatic heterocycles. The van der Waals surface area contributed by atoms with Crippen LogP contribution in [0.15, 0.2) is 35.5 Å². The summed E-state index contributed by atoms with van der Waals surface area (Å²) in [7, 11) is 0. The zero-order valence-electron chi connectivity index (χ0n) is 22.2. The number of rotatable bonds is 9. The first kappa shape index (κ1) is 26.8. The molecule has 0 bridgehead atoms. The summed E-state index contributed by atoms with van der Waals surface area (Å²) in [5.74, 6) is 1.80. The Morgan fingerprint density at radius 3 is 2.46 bits per heavy atom. The molecule has 4 saturated carbocycles. The van der Waals surface area contributed by atoms with Gasteiger partial charge in [0, 0.05) is 6.42 Å². The fourth-order valence-electron chi connectivity index (χ4n) is 7.73. The van der Waals surface area contributed by atoms with Crippen LogP contribution in [0.4, 0.5) is 0 Å². The lowest BCUT2D eigenvalue weighted by Crippen LogP contribution is -2.35. The van der Waals surface area contributed by atoms with E-state index >= 15 is 0 Å². The van der Waals surface area contributed by atoms with Crippen molar-refractivity contribution in [3.05, 3.63) is 35.5 Å². The molecule has 4 aliphatic rings. The number of hydrogen-bond acceptors (Lipinski definition) is 4. The first-order valence-electron chi connectivity index (χ1n) is 14.3. The molecule has 0 aliphatic heterocycles. The maximum absolute atomic E-state index is 12.7. The number of unbranched alkanes of at least 4 members (excludes halogenated alkanes) is 1. The minimum absolute atomic E-state index is 0.256. The smallest absolute Gasteiger partial charge is 0.141 e. The van der Waals surface area contributed by atoms with E-state index in [4.69, 9.17) is 0 Å². The highest BCUT2D eigenvalue weighted by Gasteiger charge is 2.54. The molecule has 3 N–H and O–H groups in total. The summed E-state index contributed by atoms with van der Waals surface area (Å²) in [6, 6.07) is 0. The molecule has 0 saturated heterocycles. The maximum atomic E-state index is 12.7. The molecule has 0 aromatic rings. The largest absolute Gasteiger partial charge is 0.393 e. The van der Waals surface area contributed by atoms with Gasteiger partial charge in [0.1, 0.15) is 5.78 Å². The van der Waals surface area contributed by atoms with Gasteiger partial charge in [-0.3, -0.25) is 4.79 Å².